The van der Waals surface area contributed by atoms with Crippen molar-refractivity contribution in [2.24, 2.45) is 0 Å². The molecule has 0 fully saturated rings. The lowest BCUT2D eigenvalue weighted by Crippen LogP contribution is -2.03. The topological polar surface area (TPSA) is 35.6 Å². The standard InChI is InChI=1S/C62H38N4S/c1-4-15-39(16-5-1)40-27-29-42(30-28-40)60-59-52(33-31-46-38-57(67-61(46)59)41-17-6-2-7-18-41)63-62(64-60)66-54-34-32-45(36-50(54)51-35-43-19-10-11-20-44(43)37-56(51)66)48-24-14-26-55-58(48)49-23-12-13-25-53(49)65(55)47-21-8-3-9-22-47/h1-38H. The molecule has 0 bridgehead atoms. The SMILES string of the molecule is c1ccc(-c2ccc(-c3nc(-n4c5ccc(-c6cccc7c6c6ccccc6n7-c6ccccc6)cc5c5cc6ccccc6cc54)nc4ccc5cc(-c6ccccc6)sc5c34)cc2)cc1. The van der Waals surface area contributed by atoms with Gasteiger partial charge in [0.2, 0.25) is 5.95 Å². The van der Waals surface area contributed by atoms with Crippen LogP contribution in [0.5, 0.6) is 0 Å². The second kappa shape index (κ2) is 15.0. The predicted octanol–water partition coefficient (Wildman–Crippen LogP) is 16.9. The Morgan fingerprint density at radius 3 is 1.78 bits per heavy atom. The van der Waals surface area contributed by atoms with Crippen LogP contribution in [0.3, 0.4) is 0 Å². The Kier molecular flexibility index (Phi) is 8.42. The fourth-order valence-electron chi connectivity index (χ4n) is 10.4. The lowest BCUT2D eigenvalue weighted by atomic mass is 9.97. The fourth-order valence-corrected chi connectivity index (χ4v) is 11.6. The van der Waals surface area contributed by atoms with Crippen LogP contribution in [-0.4, -0.2) is 19.1 Å². The zero-order chi connectivity index (χ0) is 44.0. The van der Waals surface area contributed by atoms with Gasteiger partial charge < -0.3 is 4.57 Å². The maximum Gasteiger partial charge on any atom is 0.235 e. The third kappa shape index (κ3) is 5.99. The molecule has 4 heterocycles. The largest absolute Gasteiger partial charge is 0.309 e. The molecule has 5 heteroatoms. The molecule has 14 aromatic rings. The summed E-state index contributed by atoms with van der Waals surface area (Å²) < 4.78 is 5.87. The second-order valence-corrected chi connectivity index (χ2v) is 18.4. The summed E-state index contributed by atoms with van der Waals surface area (Å²) in [5.41, 5.74) is 14.4. The molecule has 0 atom stereocenters. The van der Waals surface area contributed by atoms with Crippen LogP contribution in [0.15, 0.2) is 231 Å². The fraction of sp³-hybridized carbons (Fsp3) is 0. The molecule has 14 rings (SSSR count). The van der Waals surface area contributed by atoms with Gasteiger partial charge in [0.25, 0.3) is 0 Å². The van der Waals surface area contributed by atoms with Crippen LogP contribution < -0.4 is 0 Å². The van der Waals surface area contributed by atoms with Gasteiger partial charge in [0.1, 0.15) is 0 Å². The second-order valence-electron chi connectivity index (χ2n) is 17.3. The van der Waals surface area contributed by atoms with Gasteiger partial charge in [0.05, 0.1) is 33.3 Å². The third-order valence-corrected chi connectivity index (χ3v) is 14.7. The smallest absolute Gasteiger partial charge is 0.235 e. The average Bonchev–Trinajstić information content (AvgIpc) is 4.09. The molecule has 312 valence electrons. The first-order chi connectivity index (χ1) is 33.2. The first-order valence-corrected chi connectivity index (χ1v) is 23.5. The maximum atomic E-state index is 5.67. The predicted molar refractivity (Wildman–Crippen MR) is 283 cm³/mol. The Bertz CT molecular complexity index is 4240. The summed E-state index contributed by atoms with van der Waals surface area (Å²) in [6.07, 6.45) is 0. The van der Waals surface area contributed by atoms with Gasteiger partial charge in [0.15, 0.2) is 0 Å². The Morgan fingerprint density at radius 2 is 0.970 bits per heavy atom. The van der Waals surface area contributed by atoms with Gasteiger partial charge in [-0.1, -0.05) is 170 Å². The van der Waals surface area contributed by atoms with Gasteiger partial charge >= 0.3 is 0 Å². The number of thiophene rings is 1. The van der Waals surface area contributed by atoms with E-state index in [9.17, 15) is 0 Å². The Balaban J connectivity index is 1.02. The van der Waals surface area contributed by atoms with E-state index in [1.54, 1.807) is 0 Å². The number of nitrogens with zero attached hydrogens (tertiary/aromatic N) is 4. The zero-order valence-electron chi connectivity index (χ0n) is 36.1. The Labute approximate surface area is 389 Å². The summed E-state index contributed by atoms with van der Waals surface area (Å²) in [7, 11) is 0. The van der Waals surface area contributed by atoms with Crippen molar-refractivity contribution >= 4 is 86.7 Å². The highest BCUT2D eigenvalue weighted by Gasteiger charge is 2.22. The van der Waals surface area contributed by atoms with Crippen molar-refractivity contribution in [2.75, 3.05) is 0 Å². The molecular formula is C62H38N4S. The number of rotatable bonds is 6. The third-order valence-electron chi connectivity index (χ3n) is 13.5. The first kappa shape index (κ1) is 37.7. The maximum absolute atomic E-state index is 5.67. The van der Waals surface area contributed by atoms with Gasteiger partial charge in [-0.25, -0.2) is 9.97 Å². The molecule has 0 aliphatic rings. The van der Waals surface area contributed by atoms with Crippen LogP contribution in [0, 0.1) is 0 Å². The minimum absolute atomic E-state index is 0.643. The summed E-state index contributed by atoms with van der Waals surface area (Å²) in [6, 6.07) is 83.2. The molecule has 0 radical (unpaired) electrons. The molecule has 4 nitrogen and oxygen atoms in total. The van der Waals surface area contributed by atoms with Crippen molar-refractivity contribution in [3.8, 4) is 55.6 Å². The minimum Gasteiger partial charge on any atom is -0.309 e. The number of fused-ring (bicyclic) bond motifs is 10. The van der Waals surface area contributed by atoms with E-state index < -0.39 is 0 Å². The monoisotopic (exact) mass is 870 g/mol. The normalized spacial score (nSPS) is 11.9. The van der Waals surface area contributed by atoms with Crippen LogP contribution in [0.4, 0.5) is 0 Å². The van der Waals surface area contributed by atoms with E-state index in [0.717, 1.165) is 55.2 Å². The van der Waals surface area contributed by atoms with Crippen molar-refractivity contribution in [3.05, 3.63) is 231 Å². The van der Waals surface area contributed by atoms with Gasteiger partial charge in [-0.3, -0.25) is 4.57 Å². The molecule has 0 aliphatic carbocycles. The van der Waals surface area contributed by atoms with E-state index >= 15 is 0 Å². The van der Waals surface area contributed by atoms with Gasteiger partial charge in [0, 0.05) is 47.8 Å². The van der Waals surface area contributed by atoms with E-state index in [4.69, 9.17) is 9.97 Å². The average molecular weight is 871 g/mol. The lowest BCUT2D eigenvalue weighted by molar-refractivity contribution is 1.02. The summed E-state index contributed by atoms with van der Waals surface area (Å²) in [4.78, 5) is 12.4. The van der Waals surface area contributed by atoms with Crippen LogP contribution in [0.1, 0.15) is 0 Å². The van der Waals surface area contributed by atoms with Gasteiger partial charge in [-0.05, 0) is 105 Å². The van der Waals surface area contributed by atoms with E-state index in [-0.39, 0.29) is 0 Å². The number of para-hydroxylation sites is 2. The zero-order valence-corrected chi connectivity index (χ0v) is 37.0. The highest BCUT2D eigenvalue weighted by molar-refractivity contribution is 7.23. The van der Waals surface area contributed by atoms with Gasteiger partial charge in [-0.2, -0.15) is 0 Å². The highest BCUT2D eigenvalue weighted by atomic mass is 32.1. The van der Waals surface area contributed by atoms with Crippen LogP contribution >= 0.6 is 11.3 Å². The number of hydrogen-bond donors (Lipinski definition) is 0. The molecule has 0 unspecified atom stereocenters. The molecule has 4 aromatic heterocycles. The van der Waals surface area contributed by atoms with E-state index in [0.29, 0.717) is 5.95 Å². The molecule has 0 spiro atoms. The van der Waals surface area contributed by atoms with E-state index in [1.165, 1.54) is 69.8 Å². The Hall–Kier alpha value is -8.64. The molecule has 0 aliphatic heterocycles. The van der Waals surface area contributed by atoms with E-state index in [2.05, 4.69) is 240 Å². The number of aromatic nitrogens is 4. The molecule has 0 saturated heterocycles. The van der Waals surface area contributed by atoms with Crippen molar-refractivity contribution in [2.45, 2.75) is 0 Å². The van der Waals surface area contributed by atoms with Crippen molar-refractivity contribution < 1.29 is 0 Å². The highest BCUT2D eigenvalue weighted by Crippen LogP contribution is 2.44. The Morgan fingerprint density at radius 1 is 0.343 bits per heavy atom. The summed E-state index contributed by atoms with van der Waals surface area (Å²) in [5, 5.41) is 9.41. The first-order valence-electron chi connectivity index (χ1n) is 22.7. The van der Waals surface area contributed by atoms with Crippen molar-refractivity contribution in [1.29, 1.82) is 0 Å². The molecular weight excluding hydrogens is 833 g/mol. The van der Waals surface area contributed by atoms with Crippen LogP contribution in [0.2, 0.25) is 0 Å². The molecule has 10 aromatic carbocycles. The molecule has 67 heavy (non-hydrogen) atoms. The van der Waals surface area contributed by atoms with Crippen LogP contribution in [-0.2, 0) is 0 Å². The van der Waals surface area contributed by atoms with Crippen LogP contribution in [0.25, 0.3) is 131 Å². The summed E-state index contributed by atoms with van der Waals surface area (Å²) in [6.45, 7) is 0. The number of hydrogen-bond acceptors (Lipinski definition) is 3. The van der Waals surface area contributed by atoms with Crippen molar-refractivity contribution in [3.63, 3.8) is 0 Å². The summed E-state index contributed by atoms with van der Waals surface area (Å²) in [5.74, 6) is 0.643. The molecule has 0 saturated carbocycles. The summed E-state index contributed by atoms with van der Waals surface area (Å²) >= 11 is 1.81. The quantitative estimate of drug-likeness (QED) is 0.167. The van der Waals surface area contributed by atoms with E-state index in [1.807, 2.05) is 11.3 Å². The number of benzene rings is 10. The van der Waals surface area contributed by atoms with Gasteiger partial charge in [-0.15, -0.1) is 11.3 Å². The lowest BCUT2D eigenvalue weighted by Gasteiger charge is -2.13. The molecule has 0 N–H and O–H groups in total. The molecule has 0 amide bonds. The minimum atomic E-state index is 0.643. The van der Waals surface area contributed by atoms with Crippen molar-refractivity contribution in [1.82, 2.24) is 19.1 Å².